The van der Waals surface area contributed by atoms with Crippen LogP contribution in [0.2, 0.25) is 0 Å². The normalized spacial score (nSPS) is 18.7. The molecule has 1 aliphatic heterocycles. The first-order chi connectivity index (χ1) is 8.28. The monoisotopic (exact) mass is 239 g/mol. The first kappa shape index (κ1) is 12.5. The smallest absolute Gasteiger partial charge is 0.150 e. The van der Waals surface area contributed by atoms with Crippen molar-refractivity contribution in [2.75, 3.05) is 46.4 Å². The highest BCUT2D eigenvalue weighted by Gasteiger charge is 2.17. The Morgan fingerprint density at radius 1 is 1.29 bits per heavy atom. The van der Waals surface area contributed by atoms with Crippen LogP contribution >= 0.6 is 0 Å². The van der Waals surface area contributed by atoms with Gasteiger partial charge in [-0.1, -0.05) is 5.16 Å². The van der Waals surface area contributed by atoms with Gasteiger partial charge >= 0.3 is 0 Å². The average Bonchev–Trinajstić information content (AvgIpc) is 2.74. The molecule has 0 saturated carbocycles. The molecule has 1 saturated heterocycles. The van der Waals surface area contributed by atoms with Crippen molar-refractivity contribution in [3.63, 3.8) is 0 Å². The van der Waals surface area contributed by atoms with Crippen LogP contribution < -0.4 is 0 Å². The lowest BCUT2D eigenvalue weighted by Crippen LogP contribution is -2.46. The number of rotatable bonds is 5. The van der Waals surface area contributed by atoms with E-state index in [0.29, 0.717) is 0 Å². The lowest BCUT2D eigenvalue weighted by atomic mass is 10.3. The van der Waals surface area contributed by atoms with Gasteiger partial charge in [-0.05, 0) is 6.92 Å². The zero-order valence-electron chi connectivity index (χ0n) is 10.7. The number of nitrogens with zero attached hydrogens (tertiary/aromatic N) is 3. The van der Waals surface area contributed by atoms with E-state index in [9.17, 15) is 0 Å². The van der Waals surface area contributed by atoms with Gasteiger partial charge in [0.25, 0.3) is 0 Å². The summed E-state index contributed by atoms with van der Waals surface area (Å²) in [5.74, 6) is 0.966. The van der Waals surface area contributed by atoms with Crippen LogP contribution in [0.3, 0.4) is 0 Å². The van der Waals surface area contributed by atoms with Crippen LogP contribution in [0, 0.1) is 6.92 Å². The van der Waals surface area contributed by atoms with Crippen LogP contribution in [0.25, 0.3) is 0 Å². The summed E-state index contributed by atoms with van der Waals surface area (Å²) < 4.78 is 10.3. The third-order valence-electron chi connectivity index (χ3n) is 3.13. The van der Waals surface area contributed by atoms with Crippen molar-refractivity contribution < 1.29 is 9.26 Å². The van der Waals surface area contributed by atoms with Crippen molar-refractivity contribution in [1.82, 2.24) is 15.0 Å². The largest absolute Gasteiger partial charge is 0.383 e. The molecule has 0 radical (unpaired) electrons. The number of piperazine rings is 1. The van der Waals surface area contributed by atoms with E-state index in [4.69, 9.17) is 9.26 Å². The molecule has 2 heterocycles. The second kappa shape index (κ2) is 6.14. The molecule has 1 aliphatic rings. The predicted octanol–water partition coefficient (Wildman–Crippen LogP) is 0.747. The number of methoxy groups -OCH3 is 1. The van der Waals surface area contributed by atoms with Crippen molar-refractivity contribution in [2.45, 2.75) is 13.5 Å². The first-order valence-corrected chi connectivity index (χ1v) is 6.14. The maximum atomic E-state index is 5.23. The Morgan fingerprint density at radius 2 is 2.00 bits per heavy atom. The molecule has 0 atom stereocenters. The first-order valence-electron chi connectivity index (χ1n) is 6.14. The van der Waals surface area contributed by atoms with Crippen LogP contribution in [0.5, 0.6) is 0 Å². The van der Waals surface area contributed by atoms with Crippen LogP contribution in [0.4, 0.5) is 0 Å². The zero-order chi connectivity index (χ0) is 12.1. The summed E-state index contributed by atoms with van der Waals surface area (Å²) in [6.07, 6.45) is 0. The van der Waals surface area contributed by atoms with Crippen LogP contribution in [-0.4, -0.2) is 61.4 Å². The zero-order valence-corrected chi connectivity index (χ0v) is 10.7. The van der Waals surface area contributed by atoms with Crippen molar-refractivity contribution in [2.24, 2.45) is 0 Å². The minimum atomic E-state index is 0.821. The van der Waals surface area contributed by atoms with Crippen molar-refractivity contribution in [3.05, 3.63) is 17.5 Å². The van der Waals surface area contributed by atoms with Gasteiger partial charge in [0.05, 0.1) is 18.8 Å². The number of aromatic nitrogens is 1. The summed E-state index contributed by atoms with van der Waals surface area (Å²) in [6, 6.07) is 2.01. The Bertz CT molecular complexity index is 332. The molecule has 0 unspecified atom stereocenters. The number of hydrogen-bond acceptors (Lipinski definition) is 5. The van der Waals surface area contributed by atoms with Crippen LogP contribution in [-0.2, 0) is 11.3 Å². The topological polar surface area (TPSA) is 41.7 Å². The SMILES string of the molecule is COCCN1CCN(Cc2cc(C)no2)CC1. The molecular weight excluding hydrogens is 218 g/mol. The Kier molecular flexibility index (Phi) is 4.53. The Labute approximate surface area is 102 Å². The summed E-state index contributed by atoms with van der Waals surface area (Å²) in [4.78, 5) is 4.84. The summed E-state index contributed by atoms with van der Waals surface area (Å²) in [6.45, 7) is 9.07. The minimum Gasteiger partial charge on any atom is -0.383 e. The second-order valence-electron chi connectivity index (χ2n) is 4.55. The molecule has 5 heteroatoms. The summed E-state index contributed by atoms with van der Waals surface area (Å²) in [7, 11) is 1.75. The van der Waals surface area contributed by atoms with E-state index < -0.39 is 0 Å². The molecule has 0 amide bonds. The third-order valence-corrected chi connectivity index (χ3v) is 3.13. The van der Waals surface area contributed by atoms with Crippen molar-refractivity contribution >= 4 is 0 Å². The number of aryl methyl sites for hydroxylation is 1. The molecule has 0 bridgehead atoms. The lowest BCUT2D eigenvalue weighted by molar-refractivity contribution is 0.0892. The van der Waals surface area contributed by atoms with Gasteiger partial charge in [-0.2, -0.15) is 0 Å². The van der Waals surface area contributed by atoms with Crippen LogP contribution in [0.15, 0.2) is 10.6 Å². The molecule has 0 N–H and O–H groups in total. The summed E-state index contributed by atoms with van der Waals surface area (Å²) in [5.41, 5.74) is 0.957. The van der Waals surface area contributed by atoms with Crippen molar-refractivity contribution in [3.8, 4) is 0 Å². The highest BCUT2D eigenvalue weighted by Crippen LogP contribution is 2.09. The molecule has 2 rings (SSSR count). The predicted molar refractivity (Wildman–Crippen MR) is 64.8 cm³/mol. The highest BCUT2D eigenvalue weighted by atomic mass is 16.5. The molecular formula is C12H21N3O2. The van der Waals surface area contributed by atoms with E-state index in [1.165, 1.54) is 0 Å². The van der Waals surface area contributed by atoms with Gasteiger partial charge in [-0.3, -0.25) is 9.80 Å². The van der Waals surface area contributed by atoms with Gasteiger partial charge < -0.3 is 9.26 Å². The fourth-order valence-corrected chi connectivity index (χ4v) is 2.10. The third kappa shape index (κ3) is 3.80. The number of hydrogen-bond donors (Lipinski definition) is 0. The quantitative estimate of drug-likeness (QED) is 0.758. The molecule has 0 spiro atoms. The highest BCUT2D eigenvalue weighted by molar-refractivity contribution is 5.02. The van der Waals surface area contributed by atoms with Gasteiger partial charge in [0.2, 0.25) is 0 Å². The van der Waals surface area contributed by atoms with Crippen molar-refractivity contribution in [1.29, 1.82) is 0 Å². The van der Waals surface area contributed by atoms with Crippen LogP contribution in [0.1, 0.15) is 11.5 Å². The Hall–Kier alpha value is -0.910. The van der Waals surface area contributed by atoms with Gasteiger partial charge in [0.15, 0.2) is 5.76 Å². The lowest BCUT2D eigenvalue weighted by Gasteiger charge is -2.33. The molecule has 0 aliphatic carbocycles. The van der Waals surface area contributed by atoms with Gasteiger partial charge in [0.1, 0.15) is 0 Å². The molecule has 1 fully saturated rings. The van der Waals surface area contributed by atoms with E-state index in [1.807, 2.05) is 13.0 Å². The van der Waals surface area contributed by atoms with E-state index >= 15 is 0 Å². The standard InChI is InChI=1S/C12H21N3O2/c1-11-9-12(17-13-11)10-15-5-3-14(4-6-15)7-8-16-2/h9H,3-8,10H2,1-2H3. The summed E-state index contributed by atoms with van der Waals surface area (Å²) in [5, 5.41) is 3.91. The maximum Gasteiger partial charge on any atom is 0.150 e. The Balaban J connectivity index is 1.72. The molecule has 96 valence electrons. The summed E-state index contributed by atoms with van der Waals surface area (Å²) >= 11 is 0. The molecule has 0 aromatic carbocycles. The van der Waals surface area contributed by atoms with E-state index in [-0.39, 0.29) is 0 Å². The Morgan fingerprint density at radius 3 is 2.59 bits per heavy atom. The minimum absolute atomic E-state index is 0.821. The average molecular weight is 239 g/mol. The fourth-order valence-electron chi connectivity index (χ4n) is 2.10. The second-order valence-corrected chi connectivity index (χ2v) is 4.55. The van der Waals surface area contributed by atoms with E-state index in [2.05, 4.69) is 15.0 Å². The molecule has 1 aromatic rings. The fraction of sp³-hybridized carbons (Fsp3) is 0.750. The van der Waals surface area contributed by atoms with E-state index in [1.54, 1.807) is 7.11 Å². The number of ether oxygens (including phenoxy) is 1. The van der Waals surface area contributed by atoms with E-state index in [0.717, 1.165) is 57.3 Å². The van der Waals surface area contributed by atoms with Gasteiger partial charge in [-0.25, -0.2) is 0 Å². The molecule has 5 nitrogen and oxygen atoms in total. The van der Waals surface area contributed by atoms with Gasteiger partial charge in [-0.15, -0.1) is 0 Å². The maximum absolute atomic E-state index is 5.23. The molecule has 17 heavy (non-hydrogen) atoms. The van der Waals surface area contributed by atoms with Gasteiger partial charge in [0, 0.05) is 45.9 Å². The molecule has 1 aromatic heterocycles.